The maximum atomic E-state index is 13.2. The van der Waals surface area contributed by atoms with E-state index in [0.717, 1.165) is 79.0 Å². The standard InChI is InChI=1S/C17H12N.C13H8N.C12H6FN2.3C12H6NO2.C11H6F2N.2C11H8N.6Ir/c1-3-7-14(8-4-1)16-11-12-18-17(13-16)15-9-5-2-6-10-15;1-2-6-12-10(4-1)7-8-11-5-3-9-14-13(11)12;1-14-12-8-9(5-6-10(12)13)11-4-2-3-7-15-11;3*14-12-9-5-3-7-13-11(9)8-4-1-2-6-10(8)15-12;12-8-4-5-9(10(13)7-8)11-3-1-2-6-14-11;2*1-2-6-10(7-3-1)11-8-4-5-9-12-11;;;;;;/h1-9,11-13H;1-5,7-9H;2-4,6-8H;3*1-3,5-7H;1-4,6-7H;2*1-6,8-9H;;;;;;/q9*-1;;;;;;. The number of aromatic nitrogens is 9. The van der Waals surface area contributed by atoms with E-state index in [0.29, 0.717) is 66.4 Å². The second-order valence-corrected chi connectivity index (χ2v) is 27.6. The molecule has 25 heteroatoms. The molecular weight excluding hydrogens is 2780 g/mol. The molecule has 0 unspecified atom stereocenters. The first-order valence-corrected chi connectivity index (χ1v) is 40.2. The van der Waals surface area contributed by atoms with Crippen LogP contribution in [-0.4, -0.2) is 44.9 Å². The van der Waals surface area contributed by atoms with Gasteiger partial charge in [-0.2, -0.15) is 0 Å². The summed E-state index contributed by atoms with van der Waals surface area (Å²) < 4.78 is 54.3. The molecule has 23 aromatic rings. The molecular formula is C111H66F3Ir6N10O6-9. The third kappa shape index (κ3) is 28.3. The maximum Gasteiger partial charge on any atom is 0.327 e. The Morgan fingerprint density at radius 3 is 1.07 bits per heavy atom. The summed E-state index contributed by atoms with van der Waals surface area (Å²) in [6, 6.07) is 132. The maximum absolute atomic E-state index is 13.2. The van der Waals surface area contributed by atoms with Crippen molar-refractivity contribution in [3.63, 3.8) is 0 Å². The summed E-state index contributed by atoms with van der Waals surface area (Å²) >= 11 is 0. The largest absolute Gasteiger partial charge is 0.472 e. The average molecular weight is 2850 g/mol. The van der Waals surface area contributed by atoms with Gasteiger partial charge >= 0.3 is 16.9 Å². The van der Waals surface area contributed by atoms with Gasteiger partial charge in [-0.3, -0.25) is 18.0 Å². The van der Waals surface area contributed by atoms with Crippen LogP contribution in [0.2, 0.25) is 0 Å². The van der Waals surface area contributed by atoms with Crippen LogP contribution < -0.4 is 16.9 Å². The number of hydrogen-bond acceptors (Lipinski definition) is 15. The molecule has 16 nitrogen and oxygen atoms in total. The molecule has 0 aliphatic carbocycles. The van der Waals surface area contributed by atoms with E-state index in [1.54, 1.807) is 165 Å². The van der Waals surface area contributed by atoms with Gasteiger partial charge in [0.1, 0.15) is 5.69 Å². The summed E-state index contributed by atoms with van der Waals surface area (Å²) in [5.41, 5.74) is 13.8. The van der Waals surface area contributed by atoms with Gasteiger partial charge in [-0.25, -0.2) is 14.4 Å². The van der Waals surface area contributed by atoms with Gasteiger partial charge < -0.3 is 58.1 Å². The van der Waals surface area contributed by atoms with Crippen LogP contribution in [0.3, 0.4) is 0 Å². The molecule has 6 radical (unpaired) electrons. The summed E-state index contributed by atoms with van der Waals surface area (Å²) in [4.78, 5) is 75.6. The van der Waals surface area contributed by atoms with Gasteiger partial charge in [-0.05, 0) is 105 Å². The molecule has 0 saturated heterocycles. The van der Waals surface area contributed by atoms with Crippen molar-refractivity contribution in [1.29, 1.82) is 0 Å². The van der Waals surface area contributed by atoms with Gasteiger partial charge in [-0.1, -0.05) is 149 Å². The van der Waals surface area contributed by atoms with Gasteiger partial charge in [-0.15, -0.1) is 251 Å². The van der Waals surface area contributed by atoms with Crippen molar-refractivity contribution in [3.8, 4) is 67.4 Å². The number of halogens is 3. The van der Waals surface area contributed by atoms with Crippen molar-refractivity contribution < 1.29 is 147 Å². The summed E-state index contributed by atoms with van der Waals surface area (Å²) in [6.45, 7) is 6.79. The summed E-state index contributed by atoms with van der Waals surface area (Å²) in [5.74, 6) is -1.84. The van der Waals surface area contributed by atoms with E-state index in [2.05, 4.69) is 147 Å². The SMILES string of the molecule is Fc1c[c-]c(-c2ccccn2)c(F)c1.O=c1oc2ccc[c-]c2c2ncccc12.O=c1oc2ccc[c-]c2c2ncccc12.O=c1oc2ccc[c-]c2c2ncccc12.[C-]#[N+]c1cc(-c2ccccn2)[c-]cc1F.[Ir].[Ir].[Ir].[Ir].[Ir].[Ir].[c-]1cccc2ccc3cccnc3c12.[c-]1ccccc1-c1cc(-c2ccccc2)ccn1.[c-]1ccccc1-c1ccccn1.[c-]1ccccc1-c1ccccn1. The van der Waals surface area contributed by atoms with Crippen LogP contribution in [0.15, 0.2) is 429 Å². The van der Waals surface area contributed by atoms with E-state index in [1.165, 1.54) is 28.0 Å². The van der Waals surface area contributed by atoms with Crippen LogP contribution in [-0.2, 0) is 121 Å². The molecule has 12 aromatic heterocycles. The number of hydrogen-bond donors (Lipinski definition) is 0. The minimum Gasteiger partial charge on any atom is -0.472 e. The Labute approximate surface area is 860 Å². The zero-order valence-electron chi connectivity index (χ0n) is 70.7. The molecule has 11 aromatic carbocycles. The summed E-state index contributed by atoms with van der Waals surface area (Å²) in [6.07, 6.45) is 15.4. The van der Waals surface area contributed by atoms with Gasteiger partial charge in [0.2, 0.25) is 0 Å². The smallest absolute Gasteiger partial charge is 0.327 e. The van der Waals surface area contributed by atoms with Crippen LogP contribution in [0.25, 0.3) is 160 Å². The fourth-order valence-electron chi connectivity index (χ4n) is 13.0. The summed E-state index contributed by atoms with van der Waals surface area (Å²) in [7, 11) is 0. The quantitative estimate of drug-likeness (QED) is 0.0861. The Kier molecular flexibility index (Phi) is 42.1. The molecule has 0 saturated carbocycles. The van der Waals surface area contributed by atoms with E-state index in [1.807, 2.05) is 170 Å². The number of rotatable bonds is 6. The van der Waals surface area contributed by atoms with Crippen molar-refractivity contribution in [1.82, 2.24) is 44.9 Å². The van der Waals surface area contributed by atoms with Crippen LogP contribution >= 0.6 is 0 Å². The van der Waals surface area contributed by atoms with Crippen molar-refractivity contribution >= 4 is 93.0 Å². The molecule has 23 rings (SSSR count). The number of benzene rings is 11. The number of nitrogens with zero attached hydrogens (tertiary/aromatic N) is 10. The monoisotopic (exact) mass is 2850 g/mol. The molecule has 680 valence electrons. The first kappa shape index (κ1) is 106. The van der Waals surface area contributed by atoms with Crippen molar-refractivity contribution in [2.75, 3.05) is 0 Å². The van der Waals surface area contributed by atoms with Gasteiger partial charge in [0.25, 0.3) is 0 Å². The second kappa shape index (κ2) is 54.3. The third-order valence-corrected chi connectivity index (χ3v) is 19.1. The first-order valence-electron chi connectivity index (χ1n) is 40.2. The van der Waals surface area contributed by atoms with E-state index < -0.39 is 17.5 Å². The molecule has 0 N–H and O–H groups in total. The Hall–Kier alpha value is -14.1. The van der Waals surface area contributed by atoms with Crippen molar-refractivity contribution in [2.24, 2.45) is 0 Å². The topological polar surface area (TPSA) is 211 Å². The van der Waals surface area contributed by atoms with Crippen LogP contribution in [0, 0.1) is 78.6 Å². The molecule has 0 spiro atoms. The zero-order valence-corrected chi connectivity index (χ0v) is 85.0. The Balaban J connectivity index is 0.000000171. The first-order chi connectivity index (χ1) is 64.0. The Bertz CT molecular complexity index is 7420. The minimum absolute atomic E-state index is 0. The molecule has 0 atom stereocenters. The van der Waals surface area contributed by atoms with Gasteiger partial charge in [0.05, 0.1) is 6.57 Å². The molecule has 136 heavy (non-hydrogen) atoms. The van der Waals surface area contributed by atoms with Crippen LogP contribution in [0.1, 0.15) is 0 Å². The third-order valence-electron chi connectivity index (χ3n) is 19.1. The fraction of sp³-hybridized carbons (Fsp3) is 0. The molecule has 0 bridgehead atoms. The van der Waals surface area contributed by atoms with Crippen molar-refractivity contribution in [3.05, 3.63) is 516 Å². The van der Waals surface area contributed by atoms with Crippen LogP contribution in [0.4, 0.5) is 18.9 Å². The summed E-state index contributed by atoms with van der Waals surface area (Å²) in [5, 5.41) is 7.17. The molecule has 12 heterocycles. The van der Waals surface area contributed by atoms with Crippen LogP contribution in [0.5, 0.6) is 0 Å². The number of pyridine rings is 9. The molecule has 0 amide bonds. The normalized spacial score (nSPS) is 9.90. The van der Waals surface area contributed by atoms with Gasteiger partial charge in [0.15, 0.2) is 0 Å². The second-order valence-electron chi connectivity index (χ2n) is 27.6. The molecule has 0 aliphatic heterocycles. The molecule has 0 fully saturated rings. The van der Waals surface area contributed by atoms with Gasteiger partial charge in [0, 0.05) is 243 Å². The fourth-order valence-corrected chi connectivity index (χ4v) is 13.0. The van der Waals surface area contributed by atoms with E-state index in [9.17, 15) is 27.6 Å². The molecule has 0 aliphatic rings. The zero-order chi connectivity index (χ0) is 89.4. The average Bonchev–Trinajstić information content (AvgIpc) is 0.794. The predicted octanol–water partition coefficient (Wildman–Crippen LogP) is 25.0. The van der Waals surface area contributed by atoms with E-state index in [4.69, 9.17) is 19.8 Å². The van der Waals surface area contributed by atoms with E-state index >= 15 is 0 Å². The Morgan fingerprint density at radius 2 is 0.640 bits per heavy atom. The minimum atomic E-state index is -0.649. The Morgan fingerprint density at radius 1 is 0.265 bits per heavy atom. The predicted molar refractivity (Wildman–Crippen MR) is 502 cm³/mol. The van der Waals surface area contributed by atoms with E-state index in [-0.39, 0.29) is 149 Å². The number of fused-ring (bicyclic) bond motifs is 12. The van der Waals surface area contributed by atoms with Crippen molar-refractivity contribution in [2.45, 2.75) is 0 Å².